The van der Waals surface area contributed by atoms with E-state index in [1.54, 1.807) is 0 Å². The van der Waals surface area contributed by atoms with E-state index in [0.717, 1.165) is 0 Å². The molecular weight excluding hydrogens is 138 g/mol. The standard InChI is InChI=1S/C6H15P.ClH/c1-4-7(5-2)6-3;/h4-6H2,1-3H3;1H/p-1. The molecule has 0 rings (SSSR count). The van der Waals surface area contributed by atoms with Crippen molar-refractivity contribution < 1.29 is 12.4 Å². The van der Waals surface area contributed by atoms with Gasteiger partial charge in [-0.15, -0.1) is 7.92 Å². The van der Waals surface area contributed by atoms with Crippen LogP contribution in [-0.2, 0) is 0 Å². The molecular formula is C6H15ClP-. The van der Waals surface area contributed by atoms with Gasteiger partial charge in [0.05, 0.1) is 0 Å². The zero-order chi connectivity index (χ0) is 5.70. The Hall–Kier alpha value is 0.720. The Morgan fingerprint density at radius 3 is 1.12 bits per heavy atom. The lowest BCUT2D eigenvalue weighted by Crippen LogP contribution is -3.00. The van der Waals surface area contributed by atoms with Crippen molar-refractivity contribution in [2.45, 2.75) is 20.8 Å². The van der Waals surface area contributed by atoms with Gasteiger partial charge in [0, 0.05) is 0 Å². The van der Waals surface area contributed by atoms with Gasteiger partial charge in [0.15, 0.2) is 0 Å². The zero-order valence-corrected chi connectivity index (χ0v) is 7.60. The minimum Gasteiger partial charge on any atom is -1.00 e. The molecule has 0 aliphatic rings. The van der Waals surface area contributed by atoms with Crippen molar-refractivity contribution in [2.24, 2.45) is 0 Å². The largest absolute Gasteiger partial charge is 1.00 e. The Morgan fingerprint density at radius 2 is 1.12 bits per heavy atom. The van der Waals surface area contributed by atoms with E-state index in [4.69, 9.17) is 0 Å². The van der Waals surface area contributed by atoms with E-state index < -0.39 is 0 Å². The van der Waals surface area contributed by atoms with Crippen LogP contribution in [0.4, 0.5) is 0 Å². The van der Waals surface area contributed by atoms with Gasteiger partial charge >= 0.3 is 0 Å². The predicted octanol–water partition coefficient (Wildman–Crippen LogP) is -0.468. The van der Waals surface area contributed by atoms with Crippen molar-refractivity contribution >= 4 is 7.92 Å². The van der Waals surface area contributed by atoms with Crippen LogP contribution in [0.15, 0.2) is 0 Å². The molecule has 0 unspecified atom stereocenters. The molecule has 0 spiro atoms. The van der Waals surface area contributed by atoms with Crippen molar-refractivity contribution in [3.05, 3.63) is 0 Å². The summed E-state index contributed by atoms with van der Waals surface area (Å²) in [6.45, 7) is 6.87. The molecule has 0 aromatic rings. The second-order valence-electron chi connectivity index (χ2n) is 1.62. The molecule has 0 atom stereocenters. The van der Waals surface area contributed by atoms with Gasteiger partial charge in [-0.1, -0.05) is 20.8 Å². The van der Waals surface area contributed by atoms with Crippen LogP contribution in [0, 0.1) is 0 Å². The SMILES string of the molecule is CCP(CC)CC.[Cl-]. The Kier molecular flexibility index (Phi) is 11.1. The summed E-state index contributed by atoms with van der Waals surface area (Å²) in [5, 5.41) is 0. The summed E-state index contributed by atoms with van der Waals surface area (Å²) in [6.07, 6.45) is 4.26. The number of hydrogen-bond donors (Lipinski definition) is 0. The van der Waals surface area contributed by atoms with E-state index in [1.165, 1.54) is 18.5 Å². The average Bonchev–Trinajstić information content (AvgIpc) is 1.72. The minimum absolute atomic E-state index is 0. The number of halogens is 1. The zero-order valence-electron chi connectivity index (χ0n) is 5.95. The van der Waals surface area contributed by atoms with Crippen molar-refractivity contribution in [3.63, 3.8) is 0 Å². The maximum absolute atomic E-state index is 2.29. The van der Waals surface area contributed by atoms with E-state index in [0.29, 0.717) is 7.92 Å². The van der Waals surface area contributed by atoms with Gasteiger partial charge in [0.25, 0.3) is 0 Å². The van der Waals surface area contributed by atoms with Crippen LogP contribution in [0.5, 0.6) is 0 Å². The highest BCUT2D eigenvalue weighted by Crippen LogP contribution is 2.32. The van der Waals surface area contributed by atoms with Gasteiger partial charge in [-0.2, -0.15) is 0 Å². The first-order chi connectivity index (χ1) is 3.35. The smallest absolute Gasteiger partial charge is 0.0355 e. The summed E-state index contributed by atoms with van der Waals surface area (Å²) in [5.74, 6) is 0. The number of hydrogen-bond acceptors (Lipinski definition) is 0. The summed E-state index contributed by atoms with van der Waals surface area (Å²) in [6, 6.07) is 0. The lowest BCUT2D eigenvalue weighted by atomic mass is 10.9. The van der Waals surface area contributed by atoms with Gasteiger partial charge < -0.3 is 12.4 Å². The fourth-order valence-electron chi connectivity index (χ4n) is 0.671. The van der Waals surface area contributed by atoms with Crippen LogP contribution >= 0.6 is 7.92 Å². The van der Waals surface area contributed by atoms with Crippen LogP contribution < -0.4 is 12.4 Å². The molecule has 52 valence electrons. The summed E-state index contributed by atoms with van der Waals surface area (Å²) < 4.78 is 0. The first-order valence-electron chi connectivity index (χ1n) is 3.07. The van der Waals surface area contributed by atoms with Crippen LogP contribution in [0.25, 0.3) is 0 Å². The van der Waals surface area contributed by atoms with Gasteiger partial charge in [0.2, 0.25) is 0 Å². The minimum atomic E-state index is 0. The Labute approximate surface area is 60.2 Å². The van der Waals surface area contributed by atoms with Crippen molar-refractivity contribution in [3.8, 4) is 0 Å². The maximum atomic E-state index is 2.29. The molecule has 8 heavy (non-hydrogen) atoms. The maximum Gasteiger partial charge on any atom is -0.0355 e. The van der Waals surface area contributed by atoms with Gasteiger partial charge in [-0.05, 0) is 18.5 Å². The van der Waals surface area contributed by atoms with E-state index in [-0.39, 0.29) is 12.4 Å². The molecule has 0 amide bonds. The summed E-state index contributed by atoms with van der Waals surface area (Å²) >= 11 is 0. The Morgan fingerprint density at radius 1 is 0.875 bits per heavy atom. The van der Waals surface area contributed by atoms with Gasteiger partial charge in [-0.25, -0.2) is 0 Å². The van der Waals surface area contributed by atoms with Crippen LogP contribution in [0.3, 0.4) is 0 Å². The van der Waals surface area contributed by atoms with E-state index in [9.17, 15) is 0 Å². The topological polar surface area (TPSA) is 0 Å². The molecule has 0 aromatic heterocycles. The molecule has 0 bridgehead atoms. The van der Waals surface area contributed by atoms with E-state index in [1.807, 2.05) is 0 Å². The fraction of sp³-hybridized carbons (Fsp3) is 1.00. The lowest BCUT2D eigenvalue weighted by Gasteiger charge is -2.07. The second kappa shape index (κ2) is 7.72. The van der Waals surface area contributed by atoms with Crippen LogP contribution in [0.2, 0.25) is 0 Å². The molecule has 0 aliphatic carbocycles. The third-order valence-electron chi connectivity index (χ3n) is 1.34. The van der Waals surface area contributed by atoms with Crippen LogP contribution in [0.1, 0.15) is 20.8 Å². The molecule has 0 aromatic carbocycles. The van der Waals surface area contributed by atoms with Crippen molar-refractivity contribution in [1.29, 1.82) is 0 Å². The Bertz CT molecular complexity index is 30.0. The van der Waals surface area contributed by atoms with Crippen LogP contribution in [-0.4, -0.2) is 18.5 Å². The highest BCUT2D eigenvalue weighted by Gasteiger charge is 1.94. The summed E-state index contributed by atoms with van der Waals surface area (Å²) in [5.41, 5.74) is 0. The van der Waals surface area contributed by atoms with Crippen molar-refractivity contribution in [1.82, 2.24) is 0 Å². The summed E-state index contributed by atoms with van der Waals surface area (Å²) in [4.78, 5) is 0. The average molecular weight is 154 g/mol. The van der Waals surface area contributed by atoms with Gasteiger partial charge in [-0.3, -0.25) is 0 Å². The second-order valence-corrected chi connectivity index (χ2v) is 4.86. The molecule has 0 saturated carbocycles. The van der Waals surface area contributed by atoms with Gasteiger partial charge in [0.1, 0.15) is 0 Å². The summed E-state index contributed by atoms with van der Waals surface area (Å²) in [7, 11) is 0.446. The first-order valence-corrected chi connectivity index (χ1v) is 4.97. The van der Waals surface area contributed by atoms with E-state index in [2.05, 4.69) is 20.8 Å². The van der Waals surface area contributed by atoms with Crippen molar-refractivity contribution in [2.75, 3.05) is 18.5 Å². The molecule has 0 fully saturated rings. The third kappa shape index (κ3) is 4.87. The Balaban J connectivity index is 0. The molecule has 0 nitrogen and oxygen atoms in total. The molecule has 0 aliphatic heterocycles. The fourth-order valence-corrected chi connectivity index (χ4v) is 2.01. The monoisotopic (exact) mass is 153 g/mol. The highest BCUT2D eigenvalue weighted by atomic mass is 35.5. The normalized spacial score (nSPS) is 9.00. The molecule has 0 heterocycles. The molecule has 2 heteroatoms. The number of rotatable bonds is 3. The van der Waals surface area contributed by atoms with E-state index >= 15 is 0 Å². The predicted molar refractivity (Wildman–Crippen MR) is 38.5 cm³/mol. The highest BCUT2D eigenvalue weighted by molar-refractivity contribution is 7.57. The molecule has 0 radical (unpaired) electrons. The lowest BCUT2D eigenvalue weighted by molar-refractivity contribution is -0.00000167. The quantitative estimate of drug-likeness (QED) is 0.481. The first kappa shape index (κ1) is 11.5. The third-order valence-corrected chi connectivity index (χ3v) is 4.02. The molecule has 0 N–H and O–H groups in total. The molecule has 0 saturated heterocycles.